The Labute approximate surface area is 249 Å². The molecule has 11 nitrogen and oxygen atoms in total. The number of nitrogens with one attached hydrogen (secondary N) is 1. The summed E-state index contributed by atoms with van der Waals surface area (Å²) in [7, 11) is 0. The fourth-order valence-corrected chi connectivity index (χ4v) is 4.89. The maximum Gasteiger partial charge on any atom is 0.437 e. The SMILES string of the molecule is CC(C)(C)OC(=O)/N=C(\NC(=O)OC(C)(C)C)N1CCC(OCCC2CCCCN2C(=O)OCc2ccccc2)CC1. The van der Waals surface area contributed by atoms with Crippen molar-refractivity contribution in [3.63, 3.8) is 0 Å². The molecule has 1 aromatic carbocycles. The minimum Gasteiger partial charge on any atom is -0.445 e. The predicted molar refractivity (Wildman–Crippen MR) is 159 cm³/mol. The Morgan fingerprint density at radius 2 is 1.57 bits per heavy atom. The topological polar surface area (TPSA) is 119 Å². The van der Waals surface area contributed by atoms with E-state index in [-0.39, 0.29) is 30.8 Å². The van der Waals surface area contributed by atoms with E-state index in [0.717, 1.165) is 31.2 Å². The summed E-state index contributed by atoms with van der Waals surface area (Å²) >= 11 is 0. The van der Waals surface area contributed by atoms with Crippen LogP contribution >= 0.6 is 0 Å². The number of alkyl carbamates (subject to hydrolysis) is 1. The lowest BCUT2D eigenvalue weighted by Gasteiger charge is -2.36. The molecule has 1 aromatic rings. The van der Waals surface area contributed by atoms with Crippen LogP contribution in [0.2, 0.25) is 0 Å². The molecule has 234 valence electrons. The van der Waals surface area contributed by atoms with Crippen molar-refractivity contribution in [1.82, 2.24) is 15.1 Å². The summed E-state index contributed by atoms with van der Waals surface area (Å²) in [4.78, 5) is 45.4. The average Bonchev–Trinajstić information content (AvgIpc) is 2.90. The number of hydrogen-bond acceptors (Lipinski definition) is 7. The molecule has 11 heteroatoms. The summed E-state index contributed by atoms with van der Waals surface area (Å²) in [5.74, 6) is 0.101. The largest absolute Gasteiger partial charge is 0.445 e. The first-order valence-corrected chi connectivity index (χ1v) is 14.9. The third kappa shape index (κ3) is 11.9. The lowest BCUT2D eigenvalue weighted by Crippen LogP contribution is -2.50. The van der Waals surface area contributed by atoms with E-state index in [9.17, 15) is 14.4 Å². The molecule has 3 rings (SSSR count). The number of carbonyl (C=O) groups is 3. The Morgan fingerprint density at radius 1 is 0.905 bits per heavy atom. The molecule has 0 spiro atoms. The van der Waals surface area contributed by atoms with E-state index in [2.05, 4.69) is 10.3 Å². The van der Waals surface area contributed by atoms with Gasteiger partial charge in [0.2, 0.25) is 5.96 Å². The summed E-state index contributed by atoms with van der Waals surface area (Å²) < 4.78 is 22.5. The number of hydrogen-bond donors (Lipinski definition) is 1. The zero-order valence-corrected chi connectivity index (χ0v) is 26.0. The lowest BCUT2D eigenvalue weighted by atomic mass is 10.00. The number of rotatable bonds is 6. The maximum absolute atomic E-state index is 12.8. The van der Waals surface area contributed by atoms with Crippen molar-refractivity contribution in [1.29, 1.82) is 0 Å². The summed E-state index contributed by atoms with van der Waals surface area (Å²) in [6, 6.07) is 9.78. The molecule has 0 aliphatic carbocycles. The second-order valence-electron chi connectivity index (χ2n) is 12.8. The monoisotopic (exact) mass is 588 g/mol. The van der Waals surface area contributed by atoms with Gasteiger partial charge in [-0.2, -0.15) is 0 Å². The van der Waals surface area contributed by atoms with Crippen molar-refractivity contribution in [2.24, 2.45) is 4.99 Å². The lowest BCUT2D eigenvalue weighted by molar-refractivity contribution is 0.00226. The number of likely N-dealkylation sites (tertiary alicyclic amines) is 2. The van der Waals surface area contributed by atoms with Crippen LogP contribution in [0, 0.1) is 0 Å². The van der Waals surface area contributed by atoms with Crippen molar-refractivity contribution in [2.75, 3.05) is 26.2 Å². The number of guanidine groups is 1. The molecule has 2 heterocycles. The van der Waals surface area contributed by atoms with Crippen molar-refractivity contribution in [3.8, 4) is 0 Å². The van der Waals surface area contributed by atoms with Crippen LogP contribution in [0.3, 0.4) is 0 Å². The van der Waals surface area contributed by atoms with Crippen LogP contribution in [0.15, 0.2) is 35.3 Å². The van der Waals surface area contributed by atoms with Gasteiger partial charge in [0.15, 0.2) is 0 Å². The number of benzene rings is 1. The molecule has 1 atom stereocenters. The van der Waals surface area contributed by atoms with E-state index >= 15 is 0 Å². The molecule has 0 bridgehead atoms. The molecule has 1 N–H and O–H groups in total. The Hall–Kier alpha value is -3.34. The van der Waals surface area contributed by atoms with E-state index in [0.29, 0.717) is 39.1 Å². The molecule has 2 fully saturated rings. The van der Waals surface area contributed by atoms with E-state index in [1.165, 1.54) is 0 Å². The van der Waals surface area contributed by atoms with Crippen LogP contribution in [0.1, 0.15) is 85.6 Å². The van der Waals surface area contributed by atoms with Gasteiger partial charge in [-0.05, 0) is 85.6 Å². The normalized spacial score (nSPS) is 18.8. The fourth-order valence-electron chi connectivity index (χ4n) is 4.89. The Morgan fingerprint density at radius 3 is 2.21 bits per heavy atom. The number of aliphatic imine (C=N–C) groups is 1. The van der Waals surface area contributed by atoms with E-state index in [1.807, 2.05) is 40.1 Å². The molecule has 1 unspecified atom stereocenters. The highest BCUT2D eigenvalue weighted by Gasteiger charge is 2.30. The van der Waals surface area contributed by atoms with Gasteiger partial charge < -0.3 is 28.7 Å². The first-order chi connectivity index (χ1) is 19.8. The summed E-state index contributed by atoms with van der Waals surface area (Å²) in [5, 5.41) is 2.62. The fraction of sp³-hybridized carbons (Fsp3) is 0.677. The summed E-state index contributed by atoms with van der Waals surface area (Å²) in [6.07, 6.45) is 3.38. The van der Waals surface area contributed by atoms with Gasteiger partial charge in [0.25, 0.3) is 0 Å². The minimum atomic E-state index is -0.786. The minimum absolute atomic E-state index is 0.0210. The quantitative estimate of drug-likeness (QED) is 0.249. The first kappa shape index (κ1) is 33.2. The molecule has 0 radical (unpaired) electrons. The number of ether oxygens (including phenoxy) is 4. The predicted octanol–water partition coefficient (Wildman–Crippen LogP) is 5.86. The number of amides is 3. The Bertz CT molecular complexity index is 1060. The van der Waals surface area contributed by atoms with Crippen LogP contribution < -0.4 is 5.32 Å². The third-order valence-electron chi connectivity index (χ3n) is 6.82. The van der Waals surface area contributed by atoms with Gasteiger partial charge in [-0.3, -0.25) is 5.32 Å². The van der Waals surface area contributed by atoms with Gasteiger partial charge in [0.05, 0.1) is 6.10 Å². The van der Waals surface area contributed by atoms with Gasteiger partial charge in [0.1, 0.15) is 17.8 Å². The molecule has 2 saturated heterocycles. The highest BCUT2D eigenvalue weighted by molar-refractivity contribution is 5.99. The van der Waals surface area contributed by atoms with E-state index in [4.69, 9.17) is 18.9 Å². The molecule has 0 saturated carbocycles. The zero-order valence-electron chi connectivity index (χ0n) is 26.0. The van der Waals surface area contributed by atoms with Gasteiger partial charge in [0, 0.05) is 32.3 Å². The highest BCUT2D eigenvalue weighted by Crippen LogP contribution is 2.23. The molecule has 2 aliphatic heterocycles. The molecular formula is C31H48N4O7. The second-order valence-corrected chi connectivity index (χ2v) is 12.8. The van der Waals surface area contributed by atoms with Crippen molar-refractivity contribution >= 4 is 24.2 Å². The smallest absolute Gasteiger partial charge is 0.437 e. The standard InChI is InChI=1S/C31H48N4O7/c1-30(2,3)41-27(36)32-26(33-28(37)42-31(4,5)6)34-19-15-25(16-20-34)39-21-17-24-14-10-11-18-35(24)29(38)40-22-23-12-8-7-9-13-23/h7-9,12-13,24-25H,10-11,14-22H2,1-6H3,(H,32,33,36,37). The Kier molecular flexibility index (Phi) is 12.0. The second kappa shape index (κ2) is 15.2. The molecule has 0 aromatic heterocycles. The third-order valence-corrected chi connectivity index (χ3v) is 6.82. The molecular weight excluding hydrogens is 540 g/mol. The van der Waals surface area contributed by atoms with Gasteiger partial charge in [-0.1, -0.05) is 30.3 Å². The van der Waals surface area contributed by atoms with Gasteiger partial charge in [-0.15, -0.1) is 4.99 Å². The number of nitrogens with zero attached hydrogens (tertiary/aromatic N) is 3. The number of carbonyl (C=O) groups excluding carboxylic acids is 3. The van der Waals surface area contributed by atoms with Gasteiger partial charge >= 0.3 is 18.3 Å². The molecule has 42 heavy (non-hydrogen) atoms. The van der Waals surface area contributed by atoms with Crippen LogP contribution in [0.4, 0.5) is 14.4 Å². The maximum atomic E-state index is 12.8. The van der Waals surface area contributed by atoms with Crippen LogP contribution in [0.25, 0.3) is 0 Å². The van der Waals surface area contributed by atoms with Crippen molar-refractivity contribution in [3.05, 3.63) is 35.9 Å². The van der Waals surface area contributed by atoms with Gasteiger partial charge in [-0.25, -0.2) is 14.4 Å². The summed E-state index contributed by atoms with van der Waals surface area (Å²) in [6.45, 7) is 13.1. The van der Waals surface area contributed by atoms with E-state index in [1.54, 1.807) is 41.5 Å². The van der Waals surface area contributed by atoms with E-state index < -0.39 is 23.4 Å². The van der Waals surface area contributed by atoms with Crippen molar-refractivity contribution < 1.29 is 33.3 Å². The van der Waals surface area contributed by atoms with Crippen LogP contribution in [-0.4, -0.2) is 83.6 Å². The van der Waals surface area contributed by atoms with Crippen molar-refractivity contribution in [2.45, 2.75) is 110 Å². The number of piperidine rings is 2. The van der Waals surface area contributed by atoms with Crippen LogP contribution in [0.5, 0.6) is 0 Å². The molecule has 2 aliphatic rings. The Balaban J connectivity index is 1.49. The first-order valence-electron chi connectivity index (χ1n) is 14.9. The summed E-state index contributed by atoms with van der Waals surface area (Å²) in [5.41, 5.74) is -0.450. The molecule has 3 amide bonds. The zero-order chi connectivity index (χ0) is 30.8. The van der Waals surface area contributed by atoms with Crippen LogP contribution in [-0.2, 0) is 25.6 Å². The average molecular weight is 589 g/mol. The highest BCUT2D eigenvalue weighted by atomic mass is 16.6.